The number of carbonyl (C=O) groups is 3. The number of nitrogens with zero attached hydrogens (tertiary/aromatic N) is 2. The van der Waals surface area contributed by atoms with Crippen LogP contribution in [0.1, 0.15) is 22.3 Å². The molecule has 3 aromatic carbocycles. The van der Waals surface area contributed by atoms with Crippen molar-refractivity contribution in [2.24, 2.45) is 0 Å². The topological polar surface area (TPSA) is 128 Å². The van der Waals surface area contributed by atoms with Crippen molar-refractivity contribution >= 4 is 57.9 Å². The molecule has 3 aromatic rings. The van der Waals surface area contributed by atoms with Gasteiger partial charge in [0, 0.05) is 12.1 Å². The number of imide groups is 2. The Hall–Kier alpha value is -4.26. The highest BCUT2D eigenvalue weighted by Crippen LogP contribution is 2.36. The summed E-state index contributed by atoms with van der Waals surface area (Å²) in [4.78, 5) is 50.0. The van der Waals surface area contributed by atoms with E-state index in [1.165, 1.54) is 25.3 Å². The van der Waals surface area contributed by atoms with E-state index >= 15 is 0 Å². The van der Waals surface area contributed by atoms with Gasteiger partial charge in [-0.2, -0.15) is 0 Å². The number of aryl methyl sites for hydroxylation is 2. The van der Waals surface area contributed by atoms with Crippen molar-refractivity contribution in [3.05, 3.63) is 96.1 Å². The summed E-state index contributed by atoms with van der Waals surface area (Å²) >= 11 is 2.03. The number of hydrogen-bond acceptors (Lipinski definition) is 7. The minimum absolute atomic E-state index is 0.0430. The van der Waals surface area contributed by atoms with Gasteiger partial charge >= 0.3 is 6.03 Å². The molecule has 0 atom stereocenters. The van der Waals surface area contributed by atoms with Crippen LogP contribution < -0.4 is 19.7 Å². The molecule has 0 aromatic heterocycles. The Morgan fingerprint density at radius 2 is 1.76 bits per heavy atom. The molecule has 1 fully saturated rings. The average Bonchev–Trinajstić information content (AvgIpc) is 2.85. The van der Waals surface area contributed by atoms with Gasteiger partial charge in [0.05, 0.1) is 21.3 Å². The molecule has 0 aliphatic carbocycles. The van der Waals surface area contributed by atoms with Crippen LogP contribution >= 0.6 is 22.6 Å². The molecule has 4 rings (SSSR count). The van der Waals surface area contributed by atoms with Gasteiger partial charge in [0.25, 0.3) is 17.5 Å². The van der Waals surface area contributed by atoms with Gasteiger partial charge in [-0.3, -0.25) is 25.0 Å². The lowest BCUT2D eigenvalue weighted by Crippen LogP contribution is -2.54. The van der Waals surface area contributed by atoms with Crippen molar-refractivity contribution in [3.8, 4) is 11.5 Å². The molecule has 0 bridgehead atoms. The second kappa shape index (κ2) is 11.0. The first kappa shape index (κ1) is 26.8. The standard InChI is InChI=1S/C27H22IN3O7/c1-15-7-16(2)9-20(8-15)30-26(33)21(25(32)29-27(30)34)11-18-12-22(28)24(23(13-18)37-3)38-14-17-5-4-6-19(10-17)31(35)36/h4-13H,14H2,1-3H3,(H,29,32,34)/b21-11+. The molecule has 0 unspecified atom stereocenters. The van der Waals surface area contributed by atoms with Crippen molar-refractivity contribution in [3.63, 3.8) is 0 Å². The molecule has 4 amide bonds. The van der Waals surface area contributed by atoms with Crippen LogP contribution in [0, 0.1) is 27.5 Å². The van der Waals surface area contributed by atoms with E-state index in [1.807, 2.05) is 42.5 Å². The maximum Gasteiger partial charge on any atom is 0.335 e. The SMILES string of the molecule is COc1cc(/C=C2\C(=O)NC(=O)N(c3cc(C)cc(C)c3)C2=O)cc(I)c1OCc1cccc([N+](=O)[O-])c1. The number of benzene rings is 3. The summed E-state index contributed by atoms with van der Waals surface area (Å²) in [7, 11) is 1.45. The summed E-state index contributed by atoms with van der Waals surface area (Å²) in [5, 5.41) is 13.3. The number of carbonyl (C=O) groups excluding carboxylic acids is 3. The summed E-state index contributed by atoms with van der Waals surface area (Å²) in [6.45, 7) is 3.76. The number of nitro groups is 1. The molecular weight excluding hydrogens is 605 g/mol. The number of nitro benzene ring substituents is 1. The first-order chi connectivity index (χ1) is 18.1. The van der Waals surface area contributed by atoms with E-state index in [-0.39, 0.29) is 17.9 Å². The molecule has 10 nitrogen and oxygen atoms in total. The minimum Gasteiger partial charge on any atom is -0.493 e. The Labute approximate surface area is 231 Å². The van der Waals surface area contributed by atoms with Crippen LogP contribution in [0.25, 0.3) is 6.08 Å². The van der Waals surface area contributed by atoms with E-state index in [4.69, 9.17) is 9.47 Å². The number of anilines is 1. The van der Waals surface area contributed by atoms with Gasteiger partial charge in [-0.1, -0.05) is 18.2 Å². The molecule has 0 saturated carbocycles. The number of ether oxygens (including phenoxy) is 2. The molecule has 1 heterocycles. The predicted molar refractivity (Wildman–Crippen MR) is 148 cm³/mol. The normalized spacial score (nSPS) is 14.5. The van der Waals surface area contributed by atoms with Gasteiger partial charge in [0.1, 0.15) is 12.2 Å². The Morgan fingerprint density at radius 1 is 1.05 bits per heavy atom. The fraction of sp³-hybridized carbons (Fsp3) is 0.148. The monoisotopic (exact) mass is 627 g/mol. The Kier molecular flexibility index (Phi) is 7.76. The smallest absolute Gasteiger partial charge is 0.335 e. The Morgan fingerprint density at radius 3 is 2.42 bits per heavy atom. The zero-order valence-corrected chi connectivity index (χ0v) is 22.8. The molecule has 0 radical (unpaired) electrons. The highest BCUT2D eigenvalue weighted by Gasteiger charge is 2.37. The first-order valence-corrected chi connectivity index (χ1v) is 12.4. The molecule has 1 aliphatic rings. The summed E-state index contributed by atoms with van der Waals surface area (Å²) in [6, 6.07) is 13.9. The van der Waals surface area contributed by atoms with E-state index in [0.717, 1.165) is 16.0 Å². The largest absolute Gasteiger partial charge is 0.493 e. The highest BCUT2D eigenvalue weighted by atomic mass is 127. The fourth-order valence-electron chi connectivity index (χ4n) is 4.02. The number of methoxy groups -OCH3 is 1. The lowest BCUT2D eigenvalue weighted by molar-refractivity contribution is -0.384. The van der Waals surface area contributed by atoms with Crippen LogP contribution in [0.2, 0.25) is 0 Å². The molecule has 1 saturated heterocycles. The third-order valence-electron chi connectivity index (χ3n) is 5.63. The van der Waals surface area contributed by atoms with Crippen molar-refractivity contribution in [1.82, 2.24) is 5.32 Å². The minimum atomic E-state index is -0.820. The average molecular weight is 627 g/mol. The number of amides is 4. The van der Waals surface area contributed by atoms with Gasteiger partial charge < -0.3 is 9.47 Å². The molecule has 1 N–H and O–H groups in total. The van der Waals surface area contributed by atoms with Crippen molar-refractivity contribution in [2.75, 3.05) is 12.0 Å². The zero-order chi connectivity index (χ0) is 27.6. The number of barbiturate groups is 1. The van der Waals surface area contributed by atoms with Gasteiger partial charge in [-0.15, -0.1) is 0 Å². The van der Waals surface area contributed by atoms with E-state index in [1.54, 1.807) is 36.4 Å². The van der Waals surface area contributed by atoms with Crippen LogP contribution in [0.5, 0.6) is 11.5 Å². The third kappa shape index (κ3) is 5.67. The number of halogens is 1. The molecule has 0 spiro atoms. The quantitative estimate of drug-likeness (QED) is 0.127. The van der Waals surface area contributed by atoms with Crippen LogP contribution in [-0.4, -0.2) is 29.9 Å². The Balaban J connectivity index is 1.64. The van der Waals surface area contributed by atoms with Crippen molar-refractivity contribution < 1.29 is 28.8 Å². The lowest BCUT2D eigenvalue weighted by atomic mass is 10.0. The highest BCUT2D eigenvalue weighted by molar-refractivity contribution is 14.1. The molecule has 38 heavy (non-hydrogen) atoms. The third-order valence-corrected chi connectivity index (χ3v) is 6.43. The summed E-state index contributed by atoms with van der Waals surface area (Å²) in [5.41, 5.74) is 2.91. The van der Waals surface area contributed by atoms with Crippen LogP contribution in [0.15, 0.2) is 60.2 Å². The maximum atomic E-state index is 13.3. The lowest BCUT2D eigenvalue weighted by Gasteiger charge is -2.27. The molecular formula is C27H22IN3O7. The first-order valence-electron chi connectivity index (χ1n) is 11.3. The Bertz CT molecular complexity index is 1500. The van der Waals surface area contributed by atoms with Gasteiger partial charge in [0.15, 0.2) is 11.5 Å². The van der Waals surface area contributed by atoms with Gasteiger partial charge in [-0.05, 0) is 89.0 Å². The van der Waals surface area contributed by atoms with E-state index in [0.29, 0.717) is 31.9 Å². The van der Waals surface area contributed by atoms with Gasteiger partial charge in [0.2, 0.25) is 0 Å². The fourth-order valence-corrected chi connectivity index (χ4v) is 4.80. The van der Waals surface area contributed by atoms with Gasteiger partial charge in [-0.25, -0.2) is 9.69 Å². The molecule has 194 valence electrons. The second-order valence-electron chi connectivity index (χ2n) is 8.55. The van der Waals surface area contributed by atoms with Crippen molar-refractivity contribution in [2.45, 2.75) is 20.5 Å². The summed E-state index contributed by atoms with van der Waals surface area (Å²) < 4.78 is 12.0. The number of nitrogens with one attached hydrogen (secondary N) is 1. The summed E-state index contributed by atoms with van der Waals surface area (Å²) in [5.74, 6) is -0.822. The number of urea groups is 1. The van der Waals surface area contributed by atoms with Crippen LogP contribution in [-0.2, 0) is 16.2 Å². The van der Waals surface area contributed by atoms with Crippen LogP contribution in [0.4, 0.5) is 16.2 Å². The molecule has 1 aliphatic heterocycles. The van der Waals surface area contributed by atoms with E-state index in [2.05, 4.69) is 5.32 Å². The predicted octanol–water partition coefficient (Wildman–Crippen LogP) is 5.07. The second-order valence-corrected chi connectivity index (χ2v) is 9.72. The van der Waals surface area contributed by atoms with Crippen LogP contribution in [0.3, 0.4) is 0 Å². The number of rotatable bonds is 7. The number of hydrogen-bond donors (Lipinski definition) is 1. The van der Waals surface area contributed by atoms with Crippen molar-refractivity contribution in [1.29, 1.82) is 0 Å². The van der Waals surface area contributed by atoms with E-state index in [9.17, 15) is 24.5 Å². The molecule has 11 heteroatoms. The van der Waals surface area contributed by atoms with E-state index < -0.39 is 22.8 Å². The number of non-ortho nitro benzene ring substituents is 1. The zero-order valence-electron chi connectivity index (χ0n) is 20.6. The summed E-state index contributed by atoms with van der Waals surface area (Å²) in [6.07, 6.45) is 1.38. The maximum absolute atomic E-state index is 13.3.